The Labute approximate surface area is 212 Å². The van der Waals surface area contributed by atoms with Crippen LogP contribution in [0.2, 0.25) is 0 Å². The van der Waals surface area contributed by atoms with Crippen molar-refractivity contribution in [2.75, 3.05) is 5.32 Å². The zero-order chi connectivity index (χ0) is 25.8. The lowest BCUT2D eigenvalue weighted by Crippen LogP contribution is -2.19. The number of amides is 2. The molecule has 2 N–H and O–H groups in total. The van der Waals surface area contributed by atoms with Crippen LogP contribution in [0.15, 0.2) is 96.5 Å². The van der Waals surface area contributed by atoms with Gasteiger partial charge in [-0.1, -0.05) is 42.5 Å². The van der Waals surface area contributed by atoms with Gasteiger partial charge in [-0.15, -0.1) is 0 Å². The highest BCUT2D eigenvalue weighted by atomic mass is 16.2. The fourth-order valence-electron chi connectivity index (χ4n) is 3.79. The maximum Gasteiger partial charge on any atom is 0.276 e. The van der Waals surface area contributed by atoms with Gasteiger partial charge in [0.2, 0.25) is 0 Å². The molecule has 182 valence electrons. The van der Waals surface area contributed by atoms with Crippen LogP contribution in [0.25, 0.3) is 16.9 Å². The Hall–Kier alpha value is -5.18. The number of hydrogen-bond acceptors (Lipinski definition) is 6. The number of hydrogen-bond donors (Lipinski definition) is 2. The van der Waals surface area contributed by atoms with Gasteiger partial charge < -0.3 is 5.32 Å². The summed E-state index contributed by atoms with van der Waals surface area (Å²) in [5, 5.41) is 11.4. The van der Waals surface area contributed by atoms with Crippen molar-refractivity contribution >= 4 is 28.9 Å². The lowest BCUT2D eigenvalue weighted by atomic mass is 10.1. The number of anilines is 1. The smallest absolute Gasteiger partial charge is 0.276 e. The first kappa shape index (κ1) is 23.6. The predicted molar refractivity (Wildman–Crippen MR) is 141 cm³/mol. The molecule has 2 amide bonds. The number of nitrogens with zero attached hydrogens (tertiary/aromatic N) is 5. The van der Waals surface area contributed by atoms with Crippen LogP contribution >= 0.6 is 0 Å². The third kappa shape index (κ3) is 5.10. The molecule has 9 nitrogen and oxygen atoms in total. The largest absolute Gasteiger partial charge is 0.322 e. The normalized spacial score (nSPS) is 11.4. The maximum atomic E-state index is 13.0. The van der Waals surface area contributed by atoms with E-state index in [0.717, 1.165) is 22.5 Å². The molecule has 0 bridgehead atoms. The molecule has 9 heteroatoms. The molecular weight excluding hydrogens is 466 g/mol. The number of benzene rings is 2. The Bertz CT molecular complexity index is 1610. The lowest BCUT2D eigenvalue weighted by molar-refractivity contribution is 0.0955. The first-order chi connectivity index (χ1) is 18.0. The van der Waals surface area contributed by atoms with Gasteiger partial charge in [-0.2, -0.15) is 10.2 Å². The zero-order valence-electron chi connectivity index (χ0n) is 20.2. The molecular formula is C28H23N7O2. The molecule has 5 rings (SSSR count). The van der Waals surface area contributed by atoms with Crippen molar-refractivity contribution in [2.45, 2.75) is 13.8 Å². The van der Waals surface area contributed by atoms with Crippen molar-refractivity contribution in [3.05, 3.63) is 114 Å². The van der Waals surface area contributed by atoms with Gasteiger partial charge in [0.05, 0.1) is 17.6 Å². The minimum Gasteiger partial charge on any atom is -0.322 e. The summed E-state index contributed by atoms with van der Waals surface area (Å²) in [6.45, 7) is 3.71. The van der Waals surface area contributed by atoms with Crippen LogP contribution in [0.5, 0.6) is 0 Å². The molecule has 3 heterocycles. The van der Waals surface area contributed by atoms with Gasteiger partial charge in [0, 0.05) is 34.9 Å². The lowest BCUT2D eigenvalue weighted by Gasteiger charge is -2.07. The van der Waals surface area contributed by atoms with Gasteiger partial charge in [0.25, 0.3) is 11.8 Å². The van der Waals surface area contributed by atoms with Crippen LogP contribution in [-0.2, 0) is 0 Å². The van der Waals surface area contributed by atoms with Crippen molar-refractivity contribution in [2.24, 2.45) is 5.10 Å². The molecule has 0 spiro atoms. The van der Waals surface area contributed by atoms with Crippen molar-refractivity contribution < 1.29 is 9.59 Å². The summed E-state index contributed by atoms with van der Waals surface area (Å²) < 4.78 is 1.64. The Morgan fingerprint density at radius 1 is 0.892 bits per heavy atom. The van der Waals surface area contributed by atoms with Crippen LogP contribution in [-0.4, -0.2) is 37.1 Å². The molecule has 0 saturated heterocycles. The van der Waals surface area contributed by atoms with E-state index in [4.69, 9.17) is 0 Å². The maximum absolute atomic E-state index is 13.0. The van der Waals surface area contributed by atoms with Crippen molar-refractivity contribution in [3.63, 3.8) is 0 Å². The Balaban J connectivity index is 1.30. The highest BCUT2D eigenvalue weighted by Crippen LogP contribution is 2.21. The van der Waals surface area contributed by atoms with E-state index < -0.39 is 5.91 Å². The van der Waals surface area contributed by atoms with Gasteiger partial charge in [0.15, 0.2) is 5.65 Å². The fraction of sp³-hybridized carbons (Fsp3) is 0.0714. The number of aromatic nitrogens is 4. The SMILES string of the molecule is C/C(=N/NC(=O)c1cnn2c(C)cc(-c3ccccc3)nc12)c1ccc(NC(=O)c2ccncc2)cc1. The number of nitrogens with one attached hydrogen (secondary N) is 2. The number of carbonyl (C=O) groups excluding carboxylic acids is 2. The monoisotopic (exact) mass is 489 g/mol. The summed E-state index contributed by atoms with van der Waals surface area (Å²) in [5.74, 6) is -0.631. The average molecular weight is 490 g/mol. The van der Waals surface area contributed by atoms with E-state index in [2.05, 4.69) is 30.9 Å². The topological polar surface area (TPSA) is 114 Å². The molecule has 37 heavy (non-hydrogen) atoms. The predicted octanol–water partition coefficient (Wildman–Crippen LogP) is 4.51. The van der Waals surface area contributed by atoms with Crippen LogP contribution in [0.4, 0.5) is 5.69 Å². The average Bonchev–Trinajstić information content (AvgIpc) is 3.38. The van der Waals surface area contributed by atoms with E-state index in [1.807, 2.05) is 55.5 Å². The molecule has 0 atom stereocenters. The van der Waals surface area contributed by atoms with E-state index in [1.54, 1.807) is 48.1 Å². The third-order valence-electron chi connectivity index (χ3n) is 5.79. The van der Waals surface area contributed by atoms with Gasteiger partial charge >= 0.3 is 0 Å². The van der Waals surface area contributed by atoms with Crippen LogP contribution in [0, 0.1) is 6.92 Å². The third-order valence-corrected chi connectivity index (χ3v) is 5.79. The molecule has 2 aromatic carbocycles. The van der Waals surface area contributed by atoms with Gasteiger partial charge in [-0.25, -0.2) is 14.9 Å². The van der Waals surface area contributed by atoms with Crippen LogP contribution in [0.1, 0.15) is 38.9 Å². The molecule has 0 aliphatic rings. The van der Waals surface area contributed by atoms with Gasteiger partial charge in [0.1, 0.15) is 5.56 Å². The minimum absolute atomic E-state index is 0.222. The first-order valence-electron chi connectivity index (χ1n) is 11.6. The number of pyridine rings is 1. The van der Waals surface area contributed by atoms with Crippen molar-refractivity contribution in [3.8, 4) is 11.3 Å². The summed E-state index contributed by atoms with van der Waals surface area (Å²) in [5.41, 5.74) is 8.52. The molecule has 0 aliphatic carbocycles. The second-order valence-corrected chi connectivity index (χ2v) is 8.35. The van der Waals surface area contributed by atoms with E-state index in [0.29, 0.717) is 28.2 Å². The number of aryl methyl sites for hydroxylation is 1. The standard InChI is InChI=1S/C28H23N7O2/c1-18-16-25(21-6-4-3-5-7-21)32-26-24(17-30-35(18)26)28(37)34-33-19(2)20-8-10-23(11-9-20)31-27(36)22-12-14-29-15-13-22/h3-17H,1-2H3,(H,31,36)(H,34,37)/b33-19-. The number of carbonyl (C=O) groups is 2. The summed E-state index contributed by atoms with van der Waals surface area (Å²) >= 11 is 0. The second-order valence-electron chi connectivity index (χ2n) is 8.35. The van der Waals surface area contributed by atoms with E-state index in [-0.39, 0.29) is 5.91 Å². The summed E-state index contributed by atoms with van der Waals surface area (Å²) in [7, 11) is 0. The Morgan fingerprint density at radius 2 is 1.62 bits per heavy atom. The van der Waals surface area contributed by atoms with E-state index in [9.17, 15) is 9.59 Å². The van der Waals surface area contributed by atoms with E-state index in [1.165, 1.54) is 6.20 Å². The first-order valence-corrected chi connectivity index (χ1v) is 11.6. The Morgan fingerprint density at radius 3 is 2.35 bits per heavy atom. The molecule has 0 radical (unpaired) electrons. The highest BCUT2D eigenvalue weighted by Gasteiger charge is 2.16. The van der Waals surface area contributed by atoms with Crippen molar-refractivity contribution in [1.29, 1.82) is 0 Å². The fourth-order valence-corrected chi connectivity index (χ4v) is 3.79. The molecule has 5 aromatic rings. The molecule has 0 fully saturated rings. The summed E-state index contributed by atoms with van der Waals surface area (Å²) in [4.78, 5) is 33.9. The molecule has 0 aliphatic heterocycles. The highest BCUT2D eigenvalue weighted by molar-refractivity contribution is 6.05. The number of rotatable bonds is 6. The second kappa shape index (κ2) is 10.2. The summed E-state index contributed by atoms with van der Waals surface area (Å²) in [6.07, 6.45) is 4.63. The Kier molecular flexibility index (Phi) is 6.50. The molecule has 0 unspecified atom stereocenters. The quantitative estimate of drug-likeness (QED) is 0.269. The van der Waals surface area contributed by atoms with Gasteiger partial charge in [-0.05, 0) is 49.7 Å². The number of fused-ring (bicyclic) bond motifs is 1. The van der Waals surface area contributed by atoms with Crippen LogP contribution in [0.3, 0.4) is 0 Å². The molecule has 3 aromatic heterocycles. The van der Waals surface area contributed by atoms with E-state index >= 15 is 0 Å². The van der Waals surface area contributed by atoms with Crippen molar-refractivity contribution in [1.82, 2.24) is 25.0 Å². The van der Waals surface area contributed by atoms with Gasteiger partial charge in [-0.3, -0.25) is 14.6 Å². The number of hydrazone groups is 1. The zero-order valence-corrected chi connectivity index (χ0v) is 20.2. The minimum atomic E-state index is -0.410. The van der Waals surface area contributed by atoms with Crippen LogP contribution < -0.4 is 10.7 Å². The molecule has 0 saturated carbocycles. The summed E-state index contributed by atoms with van der Waals surface area (Å²) in [6, 6.07) is 22.2.